The lowest BCUT2D eigenvalue weighted by atomic mass is 9.95. The van der Waals surface area contributed by atoms with E-state index in [1.165, 1.54) is 7.11 Å². The number of carbonyl (C=O) groups excluding carboxylic acids is 1. The summed E-state index contributed by atoms with van der Waals surface area (Å²) >= 11 is 0. The molecule has 0 N–H and O–H groups in total. The molecule has 0 bridgehead atoms. The SMILES string of the molecule is COC(=O)c1cc2c(=O)oc3ccccc3c2cc1-c1ccc(OC)cc1. The molecule has 0 saturated heterocycles. The van der Waals surface area contributed by atoms with Crippen LogP contribution in [0.1, 0.15) is 10.4 Å². The normalized spacial score (nSPS) is 10.9. The predicted octanol–water partition coefficient (Wildman–Crippen LogP) is 4.41. The van der Waals surface area contributed by atoms with Gasteiger partial charge in [-0.15, -0.1) is 0 Å². The van der Waals surface area contributed by atoms with Gasteiger partial charge in [-0.2, -0.15) is 0 Å². The van der Waals surface area contributed by atoms with Crippen LogP contribution in [0.5, 0.6) is 5.75 Å². The zero-order chi connectivity index (χ0) is 19.0. The fourth-order valence-electron chi connectivity index (χ4n) is 3.21. The van der Waals surface area contributed by atoms with Crippen molar-refractivity contribution in [3.8, 4) is 16.9 Å². The van der Waals surface area contributed by atoms with Crippen molar-refractivity contribution in [1.82, 2.24) is 0 Å². The van der Waals surface area contributed by atoms with Crippen molar-refractivity contribution in [2.75, 3.05) is 14.2 Å². The number of carbonyl (C=O) groups is 1. The van der Waals surface area contributed by atoms with Crippen LogP contribution in [-0.4, -0.2) is 20.2 Å². The first-order chi connectivity index (χ1) is 13.1. The molecule has 134 valence electrons. The van der Waals surface area contributed by atoms with Gasteiger partial charge in [-0.05, 0) is 41.5 Å². The molecule has 0 aliphatic rings. The molecule has 4 aromatic rings. The van der Waals surface area contributed by atoms with E-state index in [1.807, 2.05) is 48.5 Å². The van der Waals surface area contributed by atoms with Gasteiger partial charge in [-0.3, -0.25) is 0 Å². The number of hydrogen-bond acceptors (Lipinski definition) is 5. The van der Waals surface area contributed by atoms with E-state index in [2.05, 4.69) is 0 Å². The van der Waals surface area contributed by atoms with Crippen molar-refractivity contribution in [3.63, 3.8) is 0 Å². The predicted molar refractivity (Wildman–Crippen MR) is 103 cm³/mol. The number of esters is 1. The molecule has 0 aliphatic carbocycles. The van der Waals surface area contributed by atoms with Crippen LogP contribution in [0.15, 0.2) is 69.9 Å². The standard InChI is InChI=1S/C22H16O5/c1-25-14-9-7-13(8-10-14)16-11-17-15-5-3-4-6-20(15)27-22(24)19(17)12-18(16)21(23)26-2/h3-12H,1-2H3. The second kappa shape index (κ2) is 6.61. The Morgan fingerprint density at radius 3 is 2.33 bits per heavy atom. The molecule has 0 radical (unpaired) electrons. The van der Waals surface area contributed by atoms with E-state index in [0.29, 0.717) is 27.8 Å². The second-order valence-electron chi connectivity index (χ2n) is 6.05. The molecular formula is C22H16O5. The molecule has 1 heterocycles. The average molecular weight is 360 g/mol. The van der Waals surface area contributed by atoms with Crippen molar-refractivity contribution in [1.29, 1.82) is 0 Å². The zero-order valence-corrected chi connectivity index (χ0v) is 14.8. The van der Waals surface area contributed by atoms with Crippen LogP contribution in [0.25, 0.3) is 32.9 Å². The van der Waals surface area contributed by atoms with Gasteiger partial charge >= 0.3 is 11.6 Å². The van der Waals surface area contributed by atoms with E-state index in [0.717, 1.165) is 16.3 Å². The first-order valence-corrected chi connectivity index (χ1v) is 8.34. The maximum Gasteiger partial charge on any atom is 0.344 e. The van der Waals surface area contributed by atoms with Crippen molar-refractivity contribution in [2.24, 2.45) is 0 Å². The summed E-state index contributed by atoms with van der Waals surface area (Å²) in [5.74, 6) is 0.195. The van der Waals surface area contributed by atoms with Gasteiger partial charge < -0.3 is 13.9 Å². The summed E-state index contributed by atoms with van der Waals surface area (Å²) < 4.78 is 15.5. The maximum absolute atomic E-state index is 12.5. The van der Waals surface area contributed by atoms with Crippen LogP contribution < -0.4 is 10.4 Å². The monoisotopic (exact) mass is 360 g/mol. The van der Waals surface area contributed by atoms with E-state index < -0.39 is 11.6 Å². The molecule has 0 aliphatic heterocycles. The van der Waals surface area contributed by atoms with Crippen LogP contribution >= 0.6 is 0 Å². The largest absolute Gasteiger partial charge is 0.497 e. The molecular weight excluding hydrogens is 344 g/mol. The smallest absolute Gasteiger partial charge is 0.344 e. The summed E-state index contributed by atoms with van der Waals surface area (Å²) in [7, 11) is 2.91. The second-order valence-corrected chi connectivity index (χ2v) is 6.05. The summed E-state index contributed by atoms with van der Waals surface area (Å²) in [5.41, 5.74) is 1.80. The lowest BCUT2D eigenvalue weighted by Crippen LogP contribution is -2.07. The van der Waals surface area contributed by atoms with E-state index in [4.69, 9.17) is 13.9 Å². The molecule has 4 rings (SSSR count). The first kappa shape index (κ1) is 16.8. The minimum absolute atomic E-state index is 0.303. The number of fused-ring (bicyclic) bond motifs is 3. The number of ether oxygens (including phenoxy) is 2. The molecule has 5 nitrogen and oxygen atoms in total. The maximum atomic E-state index is 12.5. The van der Waals surface area contributed by atoms with Gasteiger partial charge in [-0.25, -0.2) is 9.59 Å². The van der Waals surface area contributed by atoms with Crippen LogP contribution in [-0.2, 0) is 4.74 Å². The lowest BCUT2D eigenvalue weighted by molar-refractivity contribution is 0.0602. The number of rotatable bonds is 3. The molecule has 0 spiro atoms. The number of methoxy groups -OCH3 is 2. The van der Waals surface area contributed by atoms with E-state index in [1.54, 1.807) is 19.2 Å². The van der Waals surface area contributed by atoms with Gasteiger partial charge in [0.25, 0.3) is 0 Å². The fourth-order valence-corrected chi connectivity index (χ4v) is 3.21. The topological polar surface area (TPSA) is 65.7 Å². The molecule has 0 atom stereocenters. The van der Waals surface area contributed by atoms with Gasteiger partial charge in [0.1, 0.15) is 11.3 Å². The highest BCUT2D eigenvalue weighted by molar-refractivity contribution is 6.10. The fraction of sp³-hybridized carbons (Fsp3) is 0.0909. The third-order valence-electron chi connectivity index (χ3n) is 4.56. The summed E-state index contributed by atoms with van der Waals surface area (Å²) in [6.07, 6.45) is 0. The highest BCUT2D eigenvalue weighted by Crippen LogP contribution is 2.32. The first-order valence-electron chi connectivity index (χ1n) is 8.34. The summed E-state index contributed by atoms with van der Waals surface area (Å²) in [6.45, 7) is 0. The zero-order valence-electron chi connectivity index (χ0n) is 14.8. The third-order valence-corrected chi connectivity index (χ3v) is 4.56. The molecule has 27 heavy (non-hydrogen) atoms. The van der Waals surface area contributed by atoms with Gasteiger partial charge in [0.15, 0.2) is 0 Å². The Labute approximate surface area is 154 Å². The Hall–Kier alpha value is -3.60. The minimum Gasteiger partial charge on any atom is -0.497 e. The molecule has 1 aromatic heterocycles. The number of benzene rings is 3. The summed E-state index contributed by atoms with van der Waals surface area (Å²) in [6, 6.07) is 18.1. The van der Waals surface area contributed by atoms with E-state index in [9.17, 15) is 9.59 Å². The Balaban J connectivity index is 2.09. The van der Waals surface area contributed by atoms with Crippen LogP contribution in [0.2, 0.25) is 0 Å². The van der Waals surface area contributed by atoms with Gasteiger partial charge in [-0.1, -0.05) is 30.3 Å². The Morgan fingerprint density at radius 2 is 1.63 bits per heavy atom. The summed E-state index contributed by atoms with van der Waals surface area (Å²) in [5, 5.41) is 1.87. The van der Waals surface area contributed by atoms with E-state index >= 15 is 0 Å². The van der Waals surface area contributed by atoms with Crippen LogP contribution in [0.4, 0.5) is 0 Å². The number of para-hydroxylation sites is 1. The average Bonchev–Trinajstić information content (AvgIpc) is 2.72. The van der Waals surface area contributed by atoms with Crippen molar-refractivity contribution in [3.05, 3.63) is 76.6 Å². The van der Waals surface area contributed by atoms with Crippen LogP contribution in [0, 0.1) is 0 Å². The Bertz CT molecular complexity index is 1220. The van der Waals surface area contributed by atoms with Gasteiger partial charge in [0, 0.05) is 10.8 Å². The lowest BCUT2D eigenvalue weighted by Gasteiger charge is -2.12. The highest BCUT2D eigenvalue weighted by atomic mass is 16.5. The van der Waals surface area contributed by atoms with E-state index in [-0.39, 0.29) is 0 Å². The highest BCUT2D eigenvalue weighted by Gasteiger charge is 2.18. The molecule has 0 fully saturated rings. The van der Waals surface area contributed by atoms with Gasteiger partial charge in [0.2, 0.25) is 0 Å². The number of hydrogen-bond donors (Lipinski definition) is 0. The summed E-state index contributed by atoms with van der Waals surface area (Å²) in [4.78, 5) is 24.8. The minimum atomic E-state index is -0.518. The molecule has 3 aromatic carbocycles. The molecule has 0 saturated carbocycles. The van der Waals surface area contributed by atoms with Crippen molar-refractivity contribution >= 4 is 27.7 Å². The Kier molecular flexibility index (Phi) is 4.12. The third kappa shape index (κ3) is 2.83. The molecule has 5 heteroatoms. The molecule has 0 amide bonds. The Morgan fingerprint density at radius 1 is 0.889 bits per heavy atom. The van der Waals surface area contributed by atoms with Crippen molar-refractivity contribution < 1.29 is 18.7 Å². The van der Waals surface area contributed by atoms with Gasteiger partial charge in [0.05, 0.1) is 25.2 Å². The quantitative estimate of drug-likeness (QED) is 0.308. The van der Waals surface area contributed by atoms with Crippen molar-refractivity contribution in [2.45, 2.75) is 0 Å². The van der Waals surface area contributed by atoms with Crippen LogP contribution in [0.3, 0.4) is 0 Å². The molecule has 0 unspecified atom stereocenters.